The summed E-state index contributed by atoms with van der Waals surface area (Å²) in [6, 6.07) is 13.3. The van der Waals surface area contributed by atoms with Gasteiger partial charge in [-0.1, -0.05) is 43.0 Å². The van der Waals surface area contributed by atoms with Crippen LogP contribution in [0.15, 0.2) is 48.7 Å². The lowest BCUT2D eigenvalue weighted by Crippen LogP contribution is -2.42. The van der Waals surface area contributed by atoms with E-state index in [-0.39, 0.29) is 23.3 Å². The second kappa shape index (κ2) is 9.39. The third-order valence-electron chi connectivity index (χ3n) is 7.33. The molecule has 1 aromatic carbocycles. The molecule has 0 radical (unpaired) electrons. The quantitative estimate of drug-likeness (QED) is 0.582. The normalized spacial score (nSPS) is 19.9. The van der Waals surface area contributed by atoms with Gasteiger partial charge in [-0.05, 0) is 55.2 Å². The smallest absolute Gasteiger partial charge is 0.274 e. The van der Waals surface area contributed by atoms with E-state index in [0.29, 0.717) is 41.4 Å². The van der Waals surface area contributed by atoms with Gasteiger partial charge in [0, 0.05) is 42.3 Å². The van der Waals surface area contributed by atoms with Crippen molar-refractivity contribution in [2.45, 2.75) is 50.0 Å². The maximum atomic E-state index is 13.3. The number of nitrogens with zero attached hydrogens (tertiary/aromatic N) is 3. The zero-order chi connectivity index (χ0) is 23.7. The molecule has 3 N–H and O–H groups in total. The highest BCUT2D eigenvalue weighted by molar-refractivity contribution is 6.30. The summed E-state index contributed by atoms with van der Waals surface area (Å²) in [5.74, 6) is -0.307. The van der Waals surface area contributed by atoms with Gasteiger partial charge in [0.05, 0.1) is 11.1 Å². The number of hydrogen-bond donors (Lipinski definition) is 2. The summed E-state index contributed by atoms with van der Waals surface area (Å²) < 4.78 is 1.60. The van der Waals surface area contributed by atoms with Crippen molar-refractivity contribution in [2.75, 3.05) is 19.6 Å². The van der Waals surface area contributed by atoms with Crippen LogP contribution in [-0.4, -0.2) is 52.0 Å². The predicted molar refractivity (Wildman–Crippen MR) is 132 cm³/mol. The van der Waals surface area contributed by atoms with Crippen LogP contribution in [0, 0.1) is 0 Å². The molecule has 0 spiro atoms. The summed E-state index contributed by atoms with van der Waals surface area (Å²) >= 11 is 6.12. The van der Waals surface area contributed by atoms with Crippen molar-refractivity contribution in [2.24, 2.45) is 5.73 Å². The largest absolute Gasteiger partial charge is 0.351 e. The second-order valence-corrected chi connectivity index (χ2v) is 10.0. The van der Waals surface area contributed by atoms with Crippen LogP contribution in [0.25, 0.3) is 5.52 Å². The predicted octanol–water partition coefficient (Wildman–Crippen LogP) is 3.79. The Morgan fingerprint density at radius 3 is 2.62 bits per heavy atom. The van der Waals surface area contributed by atoms with Gasteiger partial charge in [0.2, 0.25) is 0 Å². The highest BCUT2D eigenvalue weighted by atomic mass is 35.5. The number of benzene rings is 1. The van der Waals surface area contributed by atoms with Gasteiger partial charge in [-0.3, -0.25) is 9.59 Å². The number of halogens is 1. The molecule has 2 aromatic heterocycles. The van der Waals surface area contributed by atoms with E-state index in [0.717, 1.165) is 32.1 Å². The molecule has 0 bridgehead atoms. The summed E-state index contributed by atoms with van der Waals surface area (Å²) in [6.07, 6.45) is 8.11. The fourth-order valence-electron chi connectivity index (χ4n) is 5.39. The number of carbonyl (C=O) groups excluding carboxylic acids is 2. The summed E-state index contributed by atoms with van der Waals surface area (Å²) in [4.78, 5) is 27.9. The van der Waals surface area contributed by atoms with E-state index in [1.165, 1.54) is 12.0 Å². The number of amides is 2. The molecule has 8 heteroatoms. The molecule has 1 atom stereocenters. The number of aromatic nitrogens is 2. The van der Waals surface area contributed by atoms with Gasteiger partial charge in [0.1, 0.15) is 0 Å². The van der Waals surface area contributed by atoms with Crippen LogP contribution in [0.2, 0.25) is 5.02 Å². The van der Waals surface area contributed by atoms with Crippen molar-refractivity contribution in [3.05, 3.63) is 70.5 Å². The molecular formula is C26H30ClN5O2. The zero-order valence-corrected chi connectivity index (χ0v) is 19.9. The van der Waals surface area contributed by atoms with E-state index in [2.05, 4.69) is 22.5 Å². The molecule has 1 saturated carbocycles. The molecule has 1 aliphatic carbocycles. The number of pyridine rings is 1. The first-order chi connectivity index (χ1) is 16.4. The topological polar surface area (TPSA) is 92.7 Å². The van der Waals surface area contributed by atoms with E-state index in [1.807, 2.05) is 12.1 Å². The van der Waals surface area contributed by atoms with Gasteiger partial charge in [0.15, 0.2) is 5.69 Å². The summed E-state index contributed by atoms with van der Waals surface area (Å²) in [6.45, 7) is 1.72. The second-order valence-electron chi connectivity index (χ2n) is 9.61. The summed E-state index contributed by atoms with van der Waals surface area (Å²) in [5.41, 5.74) is 8.54. The van der Waals surface area contributed by atoms with Crippen molar-refractivity contribution in [3.8, 4) is 0 Å². The number of nitrogens with two attached hydrogens (primary N) is 1. The Bertz CT molecular complexity index is 1200. The van der Waals surface area contributed by atoms with Gasteiger partial charge in [-0.15, -0.1) is 0 Å². The minimum absolute atomic E-state index is 0.00932. The van der Waals surface area contributed by atoms with E-state index < -0.39 is 0 Å². The Morgan fingerprint density at radius 2 is 1.91 bits per heavy atom. The van der Waals surface area contributed by atoms with Gasteiger partial charge in [-0.2, -0.15) is 5.10 Å². The van der Waals surface area contributed by atoms with Crippen molar-refractivity contribution >= 4 is 28.9 Å². The highest BCUT2D eigenvalue weighted by Gasteiger charge is 2.34. The van der Waals surface area contributed by atoms with E-state index in [1.54, 1.807) is 33.8 Å². The number of hydrogen-bond acceptors (Lipinski definition) is 4. The van der Waals surface area contributed by atoms with E-state index in [4.69, 9.17) is 17.3 Å². The first-order valence-electron chi connectivity index (χ1n) is 12.0. The molecular weight excluding hydrogens is 450 g/mol. The molecule has 5 rings (SSSR count). The lowest BCUT2D eigenvalue weighted by atomic mass is 9.69. The zero-order valence-electron chi connectivity index (χ0n) is 19.2. The first kappa shape index (κ1) is 22.9. The van der Waals surface area contributed by atoms with Crippen LogP contribution in [-0.2, 0) is 5.41 Å². The molecule has 3 heterocycles. The van der Waals surface area contributed by atoms with Crippen LogP contribution < -0.4 is 11.1 Å². The number of nitrogens with one attached hydrogen (secondary N) is 1. The van der Waals surface area contributed by atoms with Gasteiger partial charge in [0.25, 0.3) is 11.8 Å². The molecule has 1 saturated heterocycles. The van der Waals surface area contributed by atoms with Crippen LogP contribution in [0.3, 0.4) is 0 Å². The van der Waals surface area contributed by atoms with Gasteiger partial charge < -0.3 is 16.0 Å². The lowest BCUT2D eigenvalue weighted by Gasteiger charge is -2.38. The van der Waals surface area contributed by atoms with Crippen molar-refractivity contribution in [1.29, 1.82) is 0 Å². The fourth-order valence-corrected chi connectivity index (χ4v) is 5.52. The minimum atomic E-state index is -0.161. The van der Waals surface area contributed by atoms with Crippen LogP contribution in [0.4, 0.5) is 0 Å². The summed E-state index contributed by atoms with van der Waals surface area (Å²) in [5, 5.41) is 8.34. The first-order valence-corrected chi connectivity index (χ1v) is 12.4. The number of likely N-dealkylation sites (tertiary alicyclic amines) is 1. The Morgan fingerprint density at radius 1 is 1.15 bits per heavy atom. The van der Waals surface area contributed by atoms with Gasteiger partial charge >= 0.3 is 0 Å². The fraction of sp³-hybridized carbons (Fsp3) is 0.423. The number of fused-ring (bicyclic) bond motifs is 1. The standard InChI is InChI=1S/C26H30ClN5O2/c27-19-8-6-18(7-9-19)26(11-2-1-3-12-26)17-29-24(33)21-5-4-13-32-23(21)15-22(30-32)25(34)31-14-10-20(28)16-31/h4-9,13,15,20H,1-3,10-12,14,16-17,28H2,(H,29,33)/t20-/m1/s1. The van der Waals surface area contributed by atoms with Crippen LogP contribution in [0.5, 0.6) is 0 Å². The Kier molecular flexibility index (Phi) is 6.32. The number of rotatable bonds is 5. The summed E-state index contributed by atoms with van der Waals surface area (Å²) in [7, 11) is 0. The lowest BCUT2D eigenvalue weighted by molar-refractivity contribution is 0.0784. The number of carbonyl (C=O) groups is 2. The van der Waals surface area contributed by atoms with Crippen LogP contribution in [0.1, 0.15) is 64.9 Å². The monoisotopic (exact) mass is 479 g/mol. The molecule has 34 heavy (non-hydrogen) atoms. The highest BCUT2D eigenvalue weighted by Crippen LogP contribution is 2.39. The molecule has 2 aliphatic rings. The van der Waals surface area contributed by atoms with Crippen molar-refractivity contribution < 1.29 is 9.59 Å². The molecule has 2 amide bonds. The Labute approximate surface area is 204 Å². The maximum Gasteiger partial charge on any atom is 0.274 e. The van der Waals surface area contributed by atoms with Gasteiger partial charge in [-0.25, -0.2) is 4.52 Å². The van der Waals surface area contributed by atoms with E-state index in [9.17, 15) is 9.59 Å². The molecule has 1 aliphatic heterocycles. The third kappa shape index (κ3) is 4.42. The van der Waals surface area contributed by atoms with E-state index >= 15 is 0 Å². The average molecular weight is 480 g/mol. The average Bonchev–Trinajstić information content (AvgIpc) is 3.49. The molecule has 2 fully saturated rings. The van der Waals surface area contributed by atoms with Crippen molar-refractivity contribution in [3.63, 3.8) is 0 Å². The minimum Gasteiger partial charge on any atom is -0.351 e. The molecule has 178 valence electrons. The Balaban J connectivity index is 1.37. The molecule has 7 nitrogen and oxygen atoms in total. The Hall–Kier alpha value is -2.90. The molecule has 3 aromatic rings. The van der Waals surface area contributed by atoms with Crippen LogP contribution >= 0.6 is 11.6 Å². The SMILES string of the molecule is N[C@@H]1CCN(C(=O)c2cc3c(C(=O)NCC4(c5ccc(Cl)cc5)CCCCC4)cccn3n2)C1. The third-order valence-corrected chi connectivity index (χ3v) is 7.58. The van der Waals surface area contributed by atoms with Crippen molar-refractivity contribution in [1.82, 2.24) is 19.8 Å². The maximum absolute atomic E-state index is 13.3. The molecule has 0 unspecified atom stereocenters.